The molecule has 0 saturated carbocycles. The molecule has 0 aliphatic carbocycles. The van der Waals surface area contributed by atoms with Gasteiger partial charge in [0.2, 0.25) is 0 Å². The van der Waals surface area contributed by atoms with Crippen LogP contribution in [0, 0.1) is 0 Å². The SMILES string of the molecule is C=CCSSCCC(=O)Oc1ccc2cc([C@H](C)C(=O)Oc3ccc(CC)cc3)ccc2c1. The molecule has 0 heterocycles. The van der Waals surface area contributed by atoms with Crippen LogP contribution in [0.1, 0.15) is 37.3 Å². The molecule has 33 heavy (non-hydrogen) atoms. The van der Waals surface area contributed by atoms with Crippen LogP contribution in [0.15, 0.2) is 73.3 Å². The van der Waals surface area contributed by atoms with Crippen LogP contribution >= 0.6 is 21.6 Å². The Bertz CT molecular complexity index is 1110. The van der Waals surface area contributed by atoms with E-state index in [1.165, 1.54) is 5.56 Å². The zero-order valence-corrected chi connectivity index (χ0v) is 20.5. The molecule has 1 atom stereocenters. The summed E-state index contributed by atoms with van der Waals surface area (Å²) in [6, 6.07) is 18.9. The number of ether oxygens (including phenoxy) is 2. The molecule has 0 spiro atoms. The highest BCUT2D eigenvalue weighted by molar-refractivity contribution is 8.76. The second kappa shape index (κ2) is 12.5. The van der Waals surface area contributed by atoms with Gasteiger partial charge in [-0.1, -0.05) is 71.0 Å². The van der Waals surface area contributed by atoms with Gasteiger partial charge in [-0.3, -0.25) is 9.59 Å². The lowest BCUT2D eigenvalue weighted by Crippen LogP contribution is -2.16. The van der Waals surface area contributed by atoms with Crippen LogP contribution in [0.3, 0.4) is 0 Å². The van der Waals surface area contributed by atoms with Crippen LogP contribution in [-0.2, 0) is 16.0 Å². The Morgan fingerprint density at radius 3 is 2.36 bits per heavy atom. The van der Waals surface area contributed by atoms with Gasteiger partial charge >= 0.3 is 11.9 Å². The Kier molecular flexibility index (Phi) is 9.46. The van der Waals surface area contributed by atoms with E-state index in [0.717, 1.165) is 28.5 Å². The number of benzene rings is 3. The van der Waals surface area contributed by atoms with Crippen molar-refractivity contribution >= 4 is 44.3 Å². The summed E-state index contributed by atoms with van der Waals surface area (Å²) in [5, 5.41) is 1.91. The Morgan fingerprint density at radius 2 is 1.64 bits per heavy atom. The summed E-state index contributed by atoms with van der Waals surface area (Å²) in [6.07, 6.45) is 3.13. The molecule has 0 amide bonds. The topological polar surface area (TPSA) is 52.6 Å². The second-order valence-electron chi connectivity index (χ2n) is 7.53. The van der Waals surface area contributed by atoms with E-state index in [1.807, 2.05) is 67.6 Å². The highest BCUT2D eigenvalue weighted by Gasteiger charge is 2.18. The predicted octanol–water partition coefficient (Wildman–Crippen LogP) is 6.97. The monoisotopic (exact) mass is 480 g/mol. The fraction of sp³-hybridized carbons (Fsp3) is 0.259. The fourth-order valence-electron chi connectivity index (χ4n) is 3.17. The molecule has 0 unspecified atom stereocenters. The molecule has 4 nitrogen and oxygen atoms in total. The molecule has 0 radical (unpaired) electrons. The smallest absolute Gasteiger partial charge is 0.318 e. The zero-order valence-electron chi connectivity index (χ0n) is 18.9. The van der Waals surface area contributed by atoms with Crippen molar-refractivity contribution in [2.45, 2.75) is 32.6 Å². The molecule has 0 N–H and O–H groups in total. The third-order valence-corrected chi connectivity index (χ3v) is 7.45. The average molecular weight is 481 g/mol. The van der Waals surface area contributed by atoms with Gasteiger partial charge < -0.3 is 9.47 Å². The van der Waals surface area contributed by atoms with Crippen LogP contribution in [0.2, 0.25) is 0 Å². The van der Waals surface area contributed by atoms with E-state index in [4.69, 9.17) is 9.47 Å². The van der Waals surface area contributed by atoms with Gasteiger partial charge in [0.1, 0.15) is 11.5 Å². The van der Waals surface area contributed by atoms with Crippen molar-refractivity contribution in [1.29, 1.82) is 0 Å². The van der Waals surface area contributed by atoms with Crippen LogP contribution in [0.25, 0.3) is 10.8 Å². The Morgan fingerprint density at radius 1 is 0.939 bits per heavy atom. The van der Waals surface area contributed by atoms with E-state index in [9.17, 15) is 9.59 Å². The summed E-state index contributed by atoms with van der Waals surface area (Å²) in [5.41, 5.74) is 2.07. The van der Waals surface area contributed by atoms with Crippen molar-refractivity contribution in [3.05, 3.63) is 84.4 Å². The molecule has 6 heteroatoms. The van der Waals surface area contributed by atoms with Gasteiger partial charge in [0.15, 0.2) is 0 Å². The largest absolute Gasteiger partial charge is 0.426 e. The van der Waals surface area contributed by atoms with Crippen molar-refractivity contribution in [1.82, 2.24) is 0 Å². The van der Waals surface area contributed by atoms with Crippen LogP contribution in [0.5, 0.6) is 11.5 Å². The number of hydrogen-bond donors (Lipinski definition) is 0. The minimum absolute atomic E-state index is 0.249. The second-order valence-corrected chi connectivity index (χ2v) is 10.2. The first-order valence-corrected chi connectivity index (χ1v) is 13.4. The summed E-state index contributed by atoms with van der Waals surface area (Å²) in [7, 11) is 3.30. The summed E-state index contributed by atoms with van der Waals surface area (Å²) in [6.45, 7) is 7.59. The Balaban J connectivity index is 1.60. The van der Waals surface area contributed by atoms with Gasteiger partial charge in [-0.15, -0.1) is 6.58 Å². The lowest BCUT2D eigenvalue weighted by molar-refractivity contribution is -0.136. The molecule has 0 aliphatic heterocycles. The first-order chi connectivity index (χ1) is 16.0. The lowest BCUT2D eigenvalue weighted by atomic mass is 9.98. The number of carbonyl (C=O) groups excluding carboxylic acids is 2. The molecule has 172 valence electrons. The molecular formula is C27H28O4S2. The fourth-order valence-corrected chi connectivity index (χ4v) is 4.91. The normalized spacial score (nSPS) is 11.7. The first kappa shape index (κ1) is 24.9. The summed E-state index contributed by atoms with van der Waals surface area (Å²) in [5.74, 6) is 1.67. The van der Waals surface area contributed by atoms with Crippen molar-refractivity contribution in [2.24, 2.45) is 0 Å². The van der Waals surface area contributed by atoms with Crippen LogP contribution in [0.4, 0.5) is 0 Å². The summed E-state index contributed by atoms with van der Waals surface area (Å²) < 4.78 is 11.0. The van der Waals surface area contributed by atoms with Gasteiger partial charge in [-0.25, -0.2) is 0 Å². The quantitative estimate of drug-likeness (QED) is 0.0971. The number of fused-ring (bicyclic) bond motifs is 1. The van der Waals surface area contributed by atoms with E-state index in [-0.39, 0.29) is 11.9 Å². The summed E-state index contributed by atoms with van der Waals surface area (Å²) in [4.78, 5) is 24.7. The number of hydrogen-bond acceptors (Lipinski definition) is 6. The summed E-state index contributed by atoms with van der Waals surface area (Å²) >= 11 is 0. The number of aryl methyl sites for hydroxylation is 1. The molecule has 3 aromatic rings. The first-order valence-electron chi connectivity index (χ1n) is 10.9. The third-order valence-electron chi connectivity index (χ3n) is 5.13. The number of esters is 2. The van der Waals surface area contributed by atoms with E-state index in [0.29, 0.717) is 23.7 Å². The van der Waals surface area contributed by atoms with Crippen molar-refractivity contribution in [2.75, 3.05) is 11.5 Å². The molecular weight excluding hydrogens is 452 g/mol. The van der Waals surface area contributed by atoms with Crippen LogP contribution in [-0.4, -0.2) is 23.4 Å². The minimum atomic E-state index is -0.408. The van der Waals surface area contributed by atoms with E-state index < -0.39 is 5.92 Å². The van der Waals surface area contributed by atoms with Gasteiger partial charge in [0.25, 0.3) is 0 Å². The maximum atomic E-state index is 12.6. The minimum Gasteiger partial charge on any atom is -0.426 e. The van der Waals surface area contributed by atoms with Crippen LogP contribution < -0.4 is 9.47 Å². The van der Waals surface area contributed by atoms with Gasteiger partial charge in [-0.2, -0.15) is 0 Å². The number of carbonyl (C=O) groups is 2. The van der Waals surface area contributed by atoms with E-state index >= 15 is 0 Å². The lowest BCUT2D eigenvalue weighted by Gasteiger charge is -2.13. The average Bonchev–Trinajstić information content (AvgIpc) is 2.83. The predicted molar refractivity (Wildman–Crippen MR) is 139 cm³/mol. The van der Waals surface area contributed by atoms with Crippen molar-refractivity contribution in [3.63, 3.8) is 0 Å². The maximum Gasteiger partial charge on any atom is 0.318 e. The Hall–Kier alpha value is -2.70. The molecule has 0 fully saturated rings. The molecule has 0 saturated heterocycles. The van der Waals surface area contributed by atoms with E-state index in [1.54, 1.807) is 27.7 Å². The molecule has 3 aromatic carbocycles. The Labute approximate surface area is 203 Å². The molecule has 0 aromatic heterocycles. The van der Waals surface area contributed by atoms with Gasteiger partial charge in [-0.05, 0) is 59.5 Å². The maximum absolute atomic E-state index is 12.6. The standard InChI is InChI=1S/C27H28O4S2/c1-4-15-32-33-16-14-26(28)30-25-13-10-22-17-21(8-9-23(22)18-25)19(3)27(29)31-24-11-6-20(5-2)7-12-24/h4,6-13,17-19H,1,5,14-16H2,2-3H3/t19-/m0/s1. The number of rotatable bonds is 11. The highest BCUT2D eigenvalue weighted by atomic mass is 33.1. The third kappa shape index (κ3) is 7.41. The van der Waals surface area contributed by atoms with Crippen molar-refractivity contribution < 1.29 is 19.1 Å². The zero-order chi connectivity index (χ0) is 23.6. The van der Waals surface area contributed by atoms with Gasteiger partial charge in [0.05, 0.1) is 12.3 Å². The molecule has 3 rings (SSSR count). The highest BCUT2D eigenvalue weighted by Crippen LogP contribution is 2.27. The van der Waals surface area contributed by atoms with Crippen molar-refractivity contribution in [3.8, 4) is 11.5 Å². The molecule has 0 bridgehead atoms. The van der Waals surface area contributed by atoms with Gasteiger partial charge in [0, 0.05) is 11.5 Å². The van der Waals surface area contributed by atoms with E-state index in [2.05, 4.69) is 13.5 Å². The molecule has 0 aliphatic rings.